The smallest absolute Gasteiger partial charge is 0.308 e. The molecule has 0 aliphatic carbocycles. The van der Waals surface area contributed by atoms with E-state index in [9.17, 15) is 9.90 Å². The summed E-state index contributed by atoms with van der Waals surface area (Å²) in [5.41, 5.74) is 2.34. The lowest BCUT2D eigenvalue weighted by molar-refractivity contribution is -0.136. The maximum absolute atomic E-state index is 11.2. The van der Waals surface area contributed by atoms with Gasteiger partial charge < -0.3 is 15.2 Å². The van der Waals surface area contributed by atoms with Crippen molar-refractivity contribution in [3.05, 3.63) is 58.4 Å². The number of hydrogen-bond acceptors (Lipinski definition) is 5. The van der Waals surface area contributed by atoms with Crippen LogP contribution in [0, 0.1) is 0 Å². The van der Waals surface area contributed by atoms with Gasteiger partial charge in [0.15, 0.2) is 5.13 Å². The topological polar surface area (TPSA) is 71.5 Å². The van der Waals surface area contributed by atoms with E-state index in [0.717, 1.165) is 17.0 Å². The van der Waals surface area contributed by atoms with Crippen LogP contribution < -0.4 is 10.1 Å². The number of aliphatic carboxylic acids is 1. The second-order valence-corrected chi connectivity index (χ2v) is 6.97. The average Bonchev–Trinajstić information content (AvgIpc) is 2.99. The molecule has 26 heavy (non-hydrogen) atoms. The number of anilines is 2. The Morgan fingerprint density at radius 1 is 1.19 bits per heavy atom. The second kappa shape index (κ2) is 8.21. The summed E-state index contributed by atoms with van der Waals surface area (Å²) in [7, 11) is 0. The zero-order valence-corrected chi connectivity index (χ0v) is 15.6. The highest BCUT2D eigenvalue weighted by molar-refractivity contribution is 7.16. The van der Waals surface area contributed by atoms with Gasteiger partial charge in [0, 0.05) is 21.2 Å². The summed E-state index contributed by atoms with van der Waals surface area (Å²) in [6, 6.07) is 14.7. The van der Waals surface area contributed by atoms with Crippen molar-refractivity contribution in [1.82, 2.24) is 4.98 Å². The molecule has 2 aromatic carbocycles. The molecule has 0 saturated carbocycles. The van der Waals surface area contributed by atoms with Crippen LogP contribution in [-0.4, -0.2) is 22.7 Å². The number of carboxylic acid groups (broad SMARTS) is 1. The molecule has 0 aliphatic heterocycles. The minimum Gasteiger partial charge on any atom is -0.494 e. The first-order valence-corrected chi connectivity index (χ1v) is 9.22. The van der Waals surface area contributed by atoms with Crippen LogP contribution in [-0.2, 0) is 11.2 Å². The molecule has 7 heteroatoms. The predicted octanol–water partition coefficient (Wildman–Crippen LogP) is 5.23. The average molecular weight is 389 g/mol. The van der Waals surface area contributed by atoms with Gasteiger partial charge in [-0.15, -0.1) is 11.3 Å². The van der Waals surface area contributed by atoms with Crippen molar-refractivity contribution in [2.75, 3.05) is 11.9 Å². The van der Waals surface area contributed by atoms with E-state index in [2.05, 4.69) is 10.3 Å². The van der Waals surface area contributed by atoms with E-state index >= 15 is 0 Å². The number of halogens is 1. The summed E-state index contributed by atoms with van der Waals surface area (Å²) >= 11 is 7.27. The summed E-state index contributed by atoms with van der Waals surface area (Å²) in [6.07, 6.45) is -0.0828. The first-order chi connectivity index (χ1) is 12.5. The number of rotatable bonds is 7. The minimum absolute atomic E-state index is 0.0828. The number of thiazole rings is 1. The number of benzene rings is 2. The molecule has 0 bridgehead atoms. The fraction of sp³-hybridized carbons (Fsp3) is 0.158. The van der Waals surface area contributed by atoms with Crippen LogP contribution in [0.15, 0.2) is 48.5 Å². The first-order valence-electron chi connectivity index (χ1n) is 8.02. The molecule has 0 spiro atoms. The number of nitrogens with zero attached hydrogens (tertiary/aromatic N) is 1. The zero-order chi connectivity index (χ0) is 18.5. The van der Waals surface area contributed by atoms with Crippen LogP contribution >= 0.6 is 22.9 Å². The van der Waals surface area contributed by atoms with Gasteiger partial charge in [0.2, 0.25) is 0 Å². The summed E-state index contributed by atoms with van der Waals surface area (Å²) in [4.78, 5) is 16.5. The predicted molar refractivity (Wildman–Crippen MR) is 105 cm³/mol. The minimum atomic E-state index is -0.892. The standard InChI is InChI=1S/C19H17ClN2O3S/c1-2-25-15-9-7-14(8-10-15)21-19-22-18(16(26-19)11-17(23)24)12-3-5-13(20)6-4-12/h3-10H,2,11H2,1H3,(H,21,22)(H,23,24). The van der Waals surface area contributed by atoms with Crippen molar-refractivity contribution in [1.29, 1.82) is 0 Å². The zero-order valence-electron chi connectivity index (χ0n) is 14.0. The van der Waals surface area contributed by atoms with Crippen LogP contribution in [0.2, 0.25) is 5.02 Å². The van der Waals surface area contributed by atoms with Gasteiger partial charge in [-0.1, -0.05) is 23.7 Å². The number of ether oxygens (including phenoxy) is 1. The third-order valence-corrected chi connectivity index (χ3v) is 4.77. The van der Waals surface area contributed by atoms with E-state index in [1.165, 1.54) is 11.3 Å². The number of hydrogen-bond donors (Lipinski definition) is 2. The lowest BCUT2D eigenvalue weighted by Gasteiger charge is -2.05. The summed E-state index contributed by atoms with van der Waals surface area (Å²) in [6.45, 7) is 2.55. The highest BCUT2D eigenvalue weighted by Crippen LogP contribution is 2.34. The molecule has 3 rings (SSSR count). The summed E-state index contributed by atoms with van der Waals surface area (Å²) < 4.78 is 5.43. The Bertz CT molecular complexity index is 892. The second-order valence-electron chi connectivity index (χ2n) is 5.45. The molecule has 3 aromatic rings. The van der Waals surface area contributed by atoms with Crippen molar-refractivity contribution < 1.29 is 14.6 Å². The fourth-order valence-corrected chi connectivity index (χ4v) is 3.54. The van der Waals surface area contributed by atoms with Gasteiger partial charge in [-0.3, -0.25) is 4.79 Å². The number of carboxylic acids is 1. The number of aromatic nitrogens is 1. The Labute approximate surface area is 160 Å². The molecule has 5 nitrogen and oxygen atoms in total. The van der Waals surface area contributed by atoms with E-state index in [1.807, 2.05) is 43.3 Å². The van der Waals surface area contributed by atoms with Crippen LogP contribution in [0.3, 0.4) is 0 Å². The lowest BCUT2D eigenvalue weighted by atomic mass is 10.1. The Hall–Kier alpha value is -2.57. The van der Waals surface area contributed by atoms with Gasteiger partial charge in [0.25, 0.3) is 0 Å². The quantitative estimate of drug-likeness (QED) is 0.579. The fourth-order valence-electron chi connectivity index (χ4n) is 2.42. The molecule has 134 valence electrons. The largest absolute Gasteiger partial charge is 0.494 e. The molecule has 0 atom stereocenters. The first kappa shape index (κ1) is 18.2. The summed E-state index contributed by atoms with van der Waals surface area (Å²) in [5.74, 6) is -0.0953. The Kier molecular flexibility index (Phi) is 5.75. The lowest BCUT2D eigenvalue weighted by Crippen LogP contribution is -1.99. The monoisotopic (exact) mass is 388 g/mol. The van der Waals surface area contributed by atoms with E-state index < -0.39 is 5.97 Å². The molecule has 0 radical (unpaired) electrons. The molecule has 2 N–H and O–H groups in total. The van der Waals surface area contributed by atoms with Crippen molar-refractivity contribution in [2.45, 2.75) is 13.3 Å². The highest BCUT2D eigenvalue weighted by Gasteiger charge is 2.16. The molecule has 1 aromatic heterocycles. The number of carbonyl (C=O) groups is 1. The Balaban J connectivity index is 1.87. The van der Waals surface area contributed by atoms with E-state index in [4.69, 9.17) is 16.3 Å². The molecular weight excluding hydrogens is 372 g/mol. The van der Waals surface area contributed by atoms with Crippen molar-refractivity contribution in [2.24, 2.45) is 0 Å². The van der Waals surface area contributed by atoms with Crippen LogP contribution in [0.4, 0.5) is 10.8 Å². The van der Waals surface area contributed by atoms with Crippen LogP contribution in [0.1, 0.15) is 11.8 Å². The molecule has 0 fully saturated rings. The van der Waals surface area contributed by atoms with Crippen molar-refractivity contribution >= 4 is 39.7 Å². The van der Waals surface area contributed by atoms with E-state index in [1.54, 1.807) is 12.1 Å². The Morgan fingerprint density at radius 3 is 2.50 bits per heavy atom. The Morgan fingerprint density at radius 2 is 1.88 bits per heavy atom. The van der Waals surface area contributed by atoms with Gasteiger partial charge in [-0.25, -0.2) is 4.98 Å². The van der Waals surface area contributed by atoms with Gasteiger partial charge in [0.1, 0.15) is 5.75 Å². The molecule has 0 saturated heterocycles. The van der Waals surface area contributed by atoms with Crippen molar-refractivity contribution in [3.63, 3.8) is 0 Å². The normalized spacial score (nSPS) is 10.5. The van der Waals surface area contributed by atoms with Gasteiger partial charge in [0.05, 0.1) is 18.7 Å². The van der Waals surface area contributed by atoms with Gasteiger partial charge in [-0.05, 0) is 43.3 Å². The molecular formula is C19H17ClN2O3S. The van der Waals surface area contributed by atoms with E-state index in [-0.39, 0.29) is 6.42 Å². The third-order valence-electron chi connectivity index (χ3n) is 3.54. The SMILES string of the molecule is CCOc1ccc(Nc2nc(-c3ccc(Cl)cc3)c(CC(=O)O)s2)cc1. The van der Waals surface area contributed by atoms with E-state index in [0.29, 0.717) is 27.3 Å². The van der Waals surface area contributed by atoms with Gasteiger partial charge >= 0.3 is 5.97 Å². The molecule has 0 aliphatic rings. The molecule has 0 unspecified atom stereocenters. The third kappa shape index (κ3) is 4.53. The highest BCUT2D eigenvalue weighted by atomic mass is 35.5. The van der Waals surface area contributed by atoms with Gasteiger partial charge in [-0.2, -0.15) is 0 Å². The maximum Gasteiger partial charge on any atom is 0.308 e. The summed E-state index contributed by atoms with van der Waals surface area (Å²) in [5, 5.41) is 13.7. The van der Waals surface area contributed by atoms with Crippen LogP contribution in [0.5, 0.6) is 5.75 Å². The number of nitrogens with one attached hydrogen (secondary N) is 1. The molecule has 0 amide bonds. The molecule has 1 heterocycles. The maximum atomic E-state index is 11.2. The van der Waals surface area contributed by atoms with Crippen LogP contribution in [0.25, 0.3) is 11.3 Å². The van der Waals surface area contributed by atoms with Crippen molar-refractivity contribution in [3.8, 4) is 17.0 Å².